The van der Waals surface area contributed by atoms with Gasteiger partial charge in [-0.3, -0.25) is 9.59 Å². The number of esters is 2. The minimum Gasteiger partial charge on any atom is -0.387 e. The Morgan fingerprint density at radius 1 is 1.40 bits per heavy atom. The zero-order valence-electron chi connectivity index (χ0n) is 5.21. The van der Waals surface area contributed by atoms with Crippen molar-refractivity contribution < 1.29 is 19.1 Å². The largest absolute Gasteiger partial charge is 0.388 e. The first-order valence-electron chi connectivity index (χ1n) is 2.35. The molecule has 0 amide bonds. The van der Waals surface area contributed by atoms with Gasteiger partial charge in [0.1, 0.15) is 0 Å². The number of ketones is 1. The molecule has 0 aliphatic heterocycles. The molecule has 0 aliphatic rings. The summed E-state index contributed by atoms with van der Waals surface area (Å²) in [6.07, 6.45) is 0.283. The van der Waals surface area contributed by atoms with Gasteiger partial charge in [0, 0.05) is 6.92 Å². The number of Topliss-reactive ketones (excluding diaryl/α,β-unsaturated/α-hetero) is 1. The van der Waals surface area contributed by atoms with Crippen LogP contribution in [0.15, 0.2) is 0 Å². The van der Waals surface area contributed by atoms with Crippen molar-refractivity contribution in [3.63, 3.8) is 0 Å². The van der Waals surface area contributed by atoms with Gasteiger partial charge in [-0.1, -0.05) is 0 Å². The molecule has 54 valence electrons. The van der Waals surface area contributed by atoms with E-state index in [1.54, 1.807) is 0 Å². The Hall–Kier alpha value is -1.52. The van der Waals surface area contributed by atoms with Crippen molar-refractivity contribution in [2.75, 3.05) is 0 Å². The third-order valence-corrected chi connectivity index (χ3v) is 0.569. The van der Waals surface area contributed by atoms with Gasteiger partial charge in [0.05, 0.1) is 6.21 Å². The van der Waals surface area contributed by atoms with Gasteiger partial charge in [0.25, 0.3) is 5.78 Å². The Morgan fingerprint density at radius 3 is 2.20 bits per heavy atom. The summed E-state index contributed by atoms with van der Waals surface area (Å²) in [4.78, 5) is 30.4. The van der Waals surface area contributed by atoms with Crippen LogP contribution in [0.4, 0.5) is 0 Å². The van der Waals surface area contributed by atoms with Crippen molar-refractivity contribution in [3.8, 4) is 0 Å². The van der Waals surface area contributed by atoms with Crippen LogP contribution in [0.3, 0.4) is 0 Å². The lowest BCUT2D eigenvalue weighted by Gasteiger charge is -1.91. The lowest BCUT2D eigenvalue weighted by molar-refractivity contribution is -0.161. The molecule has 0 heterocycles. The molecule has 0 aromatic heterocycles. The molecule has 0 saturated heterocycles. The summed E-state index contributed by atoms with van der Waals surface area (Å²) in [7, 11) is 0. The van der Waals surface area contributed by atoms with E-state index < -0.39 is 17.7 Å². The predicted molar refractivity (Wildman–Crippen MR) is 30.6 cm³/mol. The summed E-state index contributed by atoms with van der Waals surface area (Å²) in [5.74, 6) is -3.32. The summed E-state index contributed by atoms with van der Waals surface area (Å²) in [5.41, 5.74) is 0. The smallest absolute Gasteiger partial charge is 0.387 e. The van der Waals surface area contributed by atoms with Gasteiger partial charge in [-0.15, -0.1) is 0 Å². The van der Waals surface area contributed by atoms with Gasteiger partial charge >= 0.3 is 11.9 Å². The van der Waals surface area contributed by atoms with Crippen LogP contribution in [-0.4, -0.2) is 23.9 Å². The molecular weight excluding hydrogens is 138 g/mol. The molecule has 0 aromatic carbocycles. The molecule has 0 rings (SSSR count). The maximum absolute atomic E-state index is 10.2. The van der Waals surface area contributed by atoms with Crippen LogP contribution in [-0.2, 0) is 19.1 Å². The lowest BCUT2D eigenvalue weighted by atomic mass is 10.4. The highest BCUT2D eigenvalue weighted by molar-refractivity contribution is 6.56. The van der Waals surface area contributed by atoms with Crippen molar-refractivity contribution in [3.05, 3.63) is 0 Å². The van der Waals surface area contributed by atoms with Gasteiger partial charge in [-0.2, -0.15) is 0 Å². The summed E-state index contributed by atoms with van der Waals surface area (Å²) in [5, 5.41) is 6.30. The summed E-state index contributed by atoms with van der Waals surface area (Å²) < 4.78 is 3.82. The van der Waals surface area contributed by atoms with Crippen LogP contribution in [0.25, 0.3) is 0 Å². The first-order valence-corrected chi connectivity index (χ1v) is 2.35. The van der Waals surface area contributed by atoms with E-state index in [4.69, 9.17) is 5.41 Å². The molecule has 0 bridgehead atoms. The quantitative estimate of drug-likeness (QED) is 0.239. The van der Waals surface area contributed by atoms with E-state index >= 15 is 0 Å². The first-order chi connectivity index (χ1) is 4.57. The van der Waals surface area contributed by atoms with Crippen molar-refractivity contribution in [2.24, 2.45) is 0 Å². The minimum atomic E-state index is -1.32. The SMILES string of the molecule is CC(=O)OC(=O)C(=O)C=N. The molecule has 0 atom stereocenters. The van der Waals surface area contributed by atoms with E-state index in [0.29, 0.717) is 0 Å². The fraction of sp³-hybridized carbons (Fsp3) is 0.200. The van der Waals surface area contributed by atoms with Gasteiger partial charge in [-0.05, 0) is 0 Å². The molecule has 10 heavy (non-hydrogen) atoms. The molecule has 0 spiro atoms. The fourth-order valence-electron chi connectivity index (χ4n) is 0.240. The van der Waals surface area contributed by atoms with Gasteiger partial charge < -0.3 is 10.1 Å². The van der Waals surface area contributed by atoms with E-state index in [2.05, 4.69) is 4.74 Å². The molecule has 5 heteroatoms. The minimum absolute atomic E-state index is 0.283. The topological polar surface area (TPSA) is 84.3 Å². The van der Waals surface area contributed by atoms with Crippen LogP contribution in [0.1, 0.15) is 6.92 Å². The Morgan fingerprint density at radius 2 is 1.90 bits per heavy atom. The highest BCUT2D eigenvalue weighted by Gasteiger charge is 2.13. The predicted octanol–water partition coefficient (Wildman–Crippen LogP) is -0.705. The second-order valence-electron chi connectivity index (χ2n) is 1.39. The Labute approximate surface area is 56.5 Å². The van der Waals surface area contributed by atoms with Crippen molar-refractivity contribution in [1.29, 1.82) is 5.41 Å². The summed E-state index contributed by atoms with van der Waals surface area (Å²) in [6, 6.07) is 0. The number of carbonyl (C=O) groups is 3. The molecule has 0 aliphatic carbocycles. The number of ether oxygens (including phenoxy) is 1. The monoisotopic (exact) mass is 143 g/mol. The van der Waals surface area contributed by atoms with E-state index in [0.717, 1.165) is 6.92 Å². The van der Waals surface area contributed by atoms with Crippen LogP contribution in [0, 0.1) is 5.41 Å². The summed E-state index contributed by atoms with van der Waals surface area (Å²) >= 11 is 0. The normalized spacial score (nSPS) is 8.10. The van der Waals surface area contributed by atoms with Gasteiger partial charge in [-0.25, -0.2) is 4.79 Å². The molecule has 0 radical (unpaired) electrons. The number of hydrogen-bond acceptors (Lipinski definition) is 5. The zero-order valence-corrected chi connectivity index (χ0v) is 5.21. The van der Waals surface area contributed by atoms with Crippen molar-refractivity contribution in [1.82, 2.24) is 0 Å². The van der Waals surface area contributed by atoms with Gasteiger partial charge in [0.2, 0.25) is 0 Å². The van der Waals surface area contributed by atoms with Crippen LogP contribution in [0.2, 0.25) is 0 Å². The number of hydrogen-bond donors (Lipinski definition) is 1. The fourth-order valence-corrected chi connectivity index (χ4v) is 0.240. The average Bonchev–Trinajstić information content (AvgIpc) is 1.85. The zero-order chi connectivity index (χ0) is 8.15. The molecule has 0 unspecified atom stereocenters. The second kappa shape index (κ2) is 3.49. The third kappa shape index (κ3) is 2.71. The maximum Gasteiger partial charge on any atom is 0.388 e. The lowest BCUT2D eigenvalue weighted by Crippen LogP contribution is -2.20. The number of rotatable bonds is 2. The van der Waals surface area contributed by atoms with E-state index in [-0.39, 0.29) is 6.21 Å². The molecule has 0 saturated carbocycles. The number of nitrogens with one attached hydrogen (secondary N) is 1. The second-order valence-corrected chi connectivity index (χ2v) is 1.39. The molecular formula is C5H5NO4. The summed E-state index contributed by atoms with van der Waals surface area (Å²) in [6.45, 7) is 0.995. The molecule has 0 aromatic rings. The van der Waals surface area contributed by atoms with Crippen molar-refractivity contribution >= 4 is 23.9 Å². The number of carbonyl (C=O) groups excluding carboxylic acids is 3. The van der Waals surface area contributed by atoms with Crippen LogP contribution in [0.5, 0.6) is 0 Å². The van der Waals surface area contributed by atoms with Crippen molar-refractivity contribution in [2.45, 2.75) is 6.92 Å². The van der Waals surface area contributed by atoms with Crippen LogP contribution >= 0.6 is 0 Å². The Bertz CT molecular complexity index is 196. The van der Waals surface area contributed by atoms with Crippen LogP contribution < -0.4 is 0 Å². The molecule has 1 N–H and O–H groups in total. The van der Waals surface area contributed by atoms with Gasteiger partial charge in [0.15, 0.2) is 0 Å². The maximum atomic E-state index is 10.2. The van der Waals surface area contributed by atoms with E-state index in [1.807, 2.05) is 0 Å². The highest BCUT2D eigenvalue weighted by Crippen LogP contribution is 1.79. The average molecular weight is 143 g/mol. The Balaban J connectivity index is 3.98. The van der Waals surface area contributed by atoms with E-state index in [9.17, 15) is 14.4 Å². The first kappa shape index (κ1) is 8.48. The standard InChI is InChI=1S/C5H5NO4/c1-3(7)10-5(9)4(8)2-6/h2,6H,1H3. The van der Waals surface area contributed by atoms with E-state index in [1.165, 1.54) is 0 Å². The Kier molecular flexibility index (Phi) is 2.96. The third-order valence-electron chi connectivity index (χ3n) is 0.569. The highest BCUT2D eigenvalue weighted by atomic mass is 16.6. The molecule has 0 fully saturated rings. The molecule has 5 nitrogen and oxygen atoms in total.